The maximum atomic E-state index is 13.5. The van der Waals surface area contributed by atoms with Crippen molar-refractivity contribution in [3.8, 4) is 22.4 Å². The molecule has 0 spiro atoms. The molecule has 0 atom stereocenters. The average Bonchev–Trinajstić information content (AvgIpc) is 3.26. The Hall–Kier alpha value is -3.96. The molecule has 0 unspecified atom stereocenters. The number of aliphatic hydroxyl groups is 1. The lowest BCUT2D eigenvalue weighted by Crippen LogP contribution is -2.35. The number of piperidine rings is 1. The summed E-state index contributed by atoms with van der Waals surface area (Å²) < 4.78 is 1.70. The van der Waals surface area contributed by atoms with E-state index in [0.717, 1.165) is 48.0 Å². The van der Waals surface area contributed by atoms with Crippen molar-refractivity contribution in [3.63, 3.8) is 0 Å². The quantitative estimate of drug-likeness (QED) is 0.440. The van der Waals surface area contributed by atoms with Crippen molar-refractivity contribution < 1.29 is 5.11 Å². The molecule has 2 aromatic heterocycles. The number of anilines is 1. The summed E-state index contributed by atoms with van der Waals surface area (Å²) in [5.74, 6) is 1.25. The Morgan fingerprint density at radius 2 is 1.88 bits per heavy atom. The number of aromatic amines is 1. The first kappa shape index (κ1) is 21.9. The second-order valence-electron chi connectivity index (χ2n) is 8.83. The van der Waals surface area contributed by atoms with Gasteiger partial charge in [-0.15, -0.1) is 0 Å². The van der Waals surface area contributed by atoms with Crippen molar-refractivity contribution in [2.75, 3.05) is 24.6 Å². The number of benzene rings is 2. The summed E-state index contributed by atoms with van der Waals surface area (Å²) in [5.41, 5.74) is 3.75. The molecule has 4 aromatic rings. The molecule has 2 aromatic carbocycles. The van der Waals surface area contributed by atoms with Gasteiger partial charge in [0.05, 0.1) is 36.5 Å². The van der Waals surface area contributed by atoms with Crippen LogP contribution in [-0.2, 0) is 6.54 Å². The second kappa shape index (κ2) is 9.12. The predicted molar refractivity (Wildman–Crippen MR) is 133 cm³/mol. The average molecular weight is 455 g/mol. The summed E-state index contributed by atoms with van der Waals surface area (Å²) in [6.45, 7) is 11.6. The number of nitrogens with one attached hydrogen (secondary N) is 1. The normalized spacial score (nSPS) is 14.4. The van der Waals surface area contributed by atoms with Gasteiger partial charge in [-0.05, 0) is 42.0 Å². The highest BCUT2D eigenvalue weighted by Crippen LogP contribution is 2.32. The first-order chi connectivity index (χ1) is 16.6. The molecule has 5 rings (SSSR count). The molecule has 1 aliphatic rings. The van der Waals surface area contributed by atoms with Crippen LogP contribution in [0.15, 0.2) is 53.5 Å². The van der Waals surface area contributed by atoms with E-state index >= 15 is 0 Å². The fourth-order valence-corrected chi connectivity index (χ4v) is 4.45. The number of nitrogens with zero attached hydrogens (tertiary/aromatic N) is 5. The molecule has 0 radical (unpaired) electrons. The summed E-state index contributed by atoms with van der Waals surface area (Å²) in [4.78, 5) is 27.1. The van der Waals surface area contributed by atoms with E-state index in [1.807, 2.05) is 36.5 Å². The number of H-pyrrole nitrogens is 1. The lowest BCUT2D eigenvalue weighted by Gasteiger charge is -2.31. The van der Waals surface area contributed by atoms with Crippen LogP contribution in [0.3, 0.4) is 0 Å². The largest absolute Gasteiger partial charge is 0.394 e. The van der Waals surface area contributed by atoms with Crippen molar-refractivity contribution in [2.24, 2.45) is 5.92 Å². The summed E-state index contributed by atoms with van der Waals surface area (Å²) in [6, 6.07) is 12.9. The molecular formula is C26H26N6O2. The van der Waals surface area contributed by atoms with Crippen molar-refractivity contribution in [1.82, 2.24) is 19.7 Å². The minimum atomic E-state index is -0.199. The first-order valence-electron chi connectivity index (χ1n) is 11.5. The van der Waals surface area contributed by atoms with E-state index in [4.69, 9.17) is 11.6 Å². The van der Waals surface area contributed by atoms with E-state index in [-0.39, 0.29) is 12.2 Å². The highest BCUT2D eigenvalue weighted by Gasteiger charge is 2.22. The standard InChI is InChI=1S/C26H26N6O2/c1-17-9-11-31(12-10-17)26-28-24(18-3-6-21(27-2)7-4-18)23(25(34)29-26)19-5-8-22-20(15-19)16-32(30-22)13-14-33/h3-8,15-17,33H,9-14H2,1H3,(H,28,29,34). The third kappa shape index (κ3) is 4.18. The molecule has 1 aliphatic heterocycles. The summed E-state index contributed by atoms with van der Waals surface area (Å²) in [5, 5.41) is 14.6. The van der Waals surface area contributed by atoms with Gasteiger partial charge in [0, 0.05) is 24.7 Å². The topological polar surface area (TPSA) is 91.4 Å². The monoisotopic (exact) mass is 454 g/mol. The fourth-order valence-electron chi connectivity index (χ4n) is 4.45. The van der Waals surface area contributed by atoms with Gasteiger partial charge in [-0.25, -0.2) is 9.83 Å². The molecule has 2 N–H and O–H groups in total. The molecule has 0 saturated carbocycles. The molecule has 8 heteroatoms. The van der Waals surface area contributed by atoms with Crippen LogP contribution in [0, 0.1) is 12.5 Å². The maximum absolute atomic E-state index is 13.5. The summed E-state index contributed by atoms with van der Waals surface area (Å²) in [6.07, 6.45) is 3.99. The van der Waals surface area contributed by atoms with Gasteiger partial charge in [-0.1, -0.05) is 37.3 Å². The van der Waals surface area contributed by atoms with E-state index in [1.54, 1.807) is 16.8 Å². The van der Waals surface area contributed by atoms with Gasteiger partial charge in [0.2, 0.25) is 5.95 Å². The zero-order chi connectivity index (χ0) is 23.7. The van der Waals surface area contributed by atoms with Crippen LogP contribution < -0.4 is 10.5 Å². The highest BCUT2D eigenvalue weighted by atomic mass is 16.3. The van der Waals surface area contributed by atoms with Gasteiger partial charge >= 0.3 is 0 Å². The van der Waals surface area contributed by atoms with E-state index in [1.165, 1.54) is 0 Å². The Morgan fingerprint density at radius 1 is 1.15 bits per heavy atom. The van der Waals surface area contributed by atoms with Crippen LogP contribution in [0.25, 0.3) is 38.1 Å². The number of aliphatic hydroxyl groups excluding tert-OH is 1. The van der Waals surface area contributed by atoms with Crippen molar-refractivity contribution in [2.45, 2.75) is 26.3 Å². The summed E-state index contributed by atoms with van der Waals surface area (Å²) >= 11 is 0. The van der Waals surface area contributed by atoms with Crippen LogP contribution >= 0.6 is 0 Å². The van der Waals surface area contributed by atoms with Gasteiger partial charge in [-0.2, -0.15) is 5.10 Å². The lowest BCUT2D eigenvalue weighted by atomic mass is 9.98. The van der Waals surface area contributed by atoms with Crippen LogP contribution in [0.1, 0.15) is 19.8 Å². The van der Waals surface area contributed by atoms with Crippen LogP contribution in [-0.4, -0.2) is 44.6 Å². The third-order valence-corrected chi connectivity index (χ3v) is 6.43. The zero-order valence-corrected chi connectivity index (χ0v) is 19.0. The van der Waals surface area contributed by atoms with E-state index in [2.05, 4.69) is 26.8 Å². The fraction of sp³-hybridized carbons (Fsp3) is 0.308. The SMILES string of the molecule is [C-]#[N+]c1ccc(-c2nc(N3CCC(C)CC3)[nH]c(=O)c2-c2ccc3nn(CCO)cc3c2)cc1. The third-order valence-electron chi connectivity index (χ3n) is 6.43. The Kier molecular flexibility index (Phi) is 5.86. The lowest BCUT2D eigenvalue weighted by molar-refractivity contribution is 0.270. The summed E-state index contributed by atoms with van der Waals surface area (Å²) in [7, 11) is 0. The highest BCUT2D eigenvalue weighted by molar-refractivity contribution is 5.88. The maximum Gasteiger partial charge on any atom is 0.260 e. The minimum Gasteiger partial charge on any atom is -0.394 e. The zero-order valence-electron chi connectivity index (χ0n) is 19.0. The molecule has 34 heavy (non-hydrogen) atoms. The number of fused-ring (bicyclic) bond motifs is 1. The van der Waals surface area contributed by atoms with Crippen LogP contribution in [0.2, 0.25) is 0 Å². The number of aromatic nitrogens is 4. The van der Waals surface area contributed by atoms with Gasteiger partial charge < -0.3 is 10.0 Å². The molecule has 8 nitrogen and oxygen atoms in total. The molecule has 172 valence electrons. The van der Waals surface area contributed by atoms with Gasteiger partial charge in [-0.3, -0.25) is 14.5 Å². The molecule has 1 saturated heterocycles. The van der Waals surface area contributed by atoms with Gasteiger partial charge in [0.25, 0.3) is 5.56 Å². The van der Waals surface area contributed by atoms with Gasteiger partial charge in [0.15, 0.2) is 5.69 Å². The molecule has 0 amide bonds. The minimum absolute atomic E-state index is 0.00588. The van der Waals surface area contributed by atoms with E-state index in [0.29, 0.717) is 35.4 Å². The smallest absolute Gasteiger partial charge is 0.260 e. The Balaban J connectivity index is 1.65. The predicted octanol–water partition coefficient (Wildman–Crippen LogP) is 4.23. The van der Waals surface area contributed by atoms with E-state index in [9.17, 15) is 9.90 Å². The van der Waals surface area contributed by atoms with Crippen molar-refractivity contribution >= 4 is 22.5 Å². The van der Waals surface area contributed by atoms with Crippen molar-refractivity contribution in [1.29, 1.82) is 0 Å². The van der Waals surface area contributed by atoms with Crippen LogP contribution in [0.5, 0.6) is 0 Å². The number of rotatable bonds is 5. The Morgan fingerprint density at radius 3 is 2.59 bits per heavy atom. The Bertz CT molecular complexity index is 1420. The molecule has 3 heterocycles. The van der Waals surface area contributed by atoms with E-state index < -0.39 is 0 Å². The first-order valence-corrected chi connectivity index (χ1v) is 11.5. The van der Waals surface area contributed by atoms with Crippen LogP contribution in [0.4, 0.5) is 11.6 Å². The molecule has 0 bridgehead atoms. The number of hydrogen-bond donors (Lipinski definition) is 2. The Labute approximate surface area is 197 Å². The molecule has 1 fully saturated rings. The number of hydrogen-bond acceptors (Lipinski definition) is 5. The second-order valence-corrected chi connectivity index (χ2v) is 8.83. The van der Waals surface area contributed by atoms with Crippen molar-refractivity contribution in [3.05, 3.63) is 70.4 Å². The molecular weight excluding hydrogens is 428 g/mol. The van der Waals surface area contributed by atoms with Gasteiger partial charge in [0.1, 0.15) is 0 Å². The molecule has 0 aliphatic carbocycles.